The Bertz CT molecular complexity index is 1580. The third kappa shape index (κ3) is 28.2. The van der Waals surface area contributed by atoms with Crippen LogP contribution in [-0.2, 0) is 46.5 Å². The number of hydrogen-bond acceptors (Lipinski definition) is 14. The van der Waals surface area contributed by atoms with E-state index in [-0.39, 0.29) is 12.8 Å². The minimum Gasteiger partial charge on any atom is -0.462 e. The Labute approximate surface area is 392 Å². The highest BCUT2D eigenvalue weighted by molar-refractivity contribution is 7.47. The second-order valence-electron chi connectivity index (χ2n) is 16.9. The van der Waals surface area contributed by atoms with Crippen molar-refractivity contribution in [2.24, 2.45) is 0 Å². The van der Waals surface area contributed by atoms with Crippen LogP contribution in [0.25, 0.3) is 0 Å². The Morgan fingerprint density at radius 2 is 1.08 bits per heavy atom. The van der Waals surface area contributed by atoms with Crippen LogP contribution in [-0.4, -0.2) is 115 Å². The molecule has 19 heteroatoms. The zero-order valence-corrected chi connectivity index (χ0v) is 40.8. The number of phosphoric acid groups is 2. The third-order valence-electron chi connectivity index (χ3n) is 11.0. The van der Waals surface area contributed by atoms with Crippen molar-refractivity contribution in [3.05, 3.63) is 60.8 Å². The molecule has 2 fully saturated rings. The molecule has 17 nitrogen and oxygen atoms in total. The molecule has 2 rings (SSSR count). The zero-order chi connectivity index (χ0) is 48.6. The molecule has 1 aliphatic heterocycles. The summed E-state index contributed by atoms with van der Waals surface area (Å²) in [5, 5.41) is 41.2. The molecule has 380 valence electrons. The summed E-state index contributed by atoms with van der Waals surface area (Å²) in [6, 6.07) is 0. The van der Waals surface area contributed by atoms with E-state index in [1.54, 1.807) is 0 Å². The molecule has 10 atom stereocenters. The summed E-state index contributed by atoms with van der Waals surface area (Å²) < 4.78 is 55.1. The van der Waals surface area contributed by atoms with E-state index in [1.165, 1.54) is 38.5 Å². The van der Waals surface area contributed by atoms with Crippen LogP contribution < -0.4 is 0 Å². The highest BCUT2D eigenvalue weighted by atomic mass is 31.2. The van der Waals surface area contributed by atoms with Crippen LogP contribution in [0.3, 0.4) is 0 Å². The normalized spacial score (nSPS) is 25.1. The van der Waals surface area contributed by atoms with Crippen molar-refractivity contribution in [3.63, 3.8) is 0 Å². The number of hydrogen-bond donors (Lipinski definition) is 7. The zero-order valence-electron chi connectivity index (χ0n) is 39.0. The van der Waals surface area contributed by atoms with E-state index in [1.807, 2.05) is 12.2 Å². The molecule has 1 saturated carbocycles. The number of esters is 2. The van der Waals surface area contributed by atoms with Crippen molar-refractivity contribution in [1.29, 1.82) is 0 Å². The molecule has 1 saturated heterocycles. The fraction of sp³-hybridized carbons (Fsp3) is 0.745. The first-order chi connectivity index (χ1) is 31.6. The topological polar surface area (TPSA) is 269 Å². The highest BCUT2D eigenvalue weighted by Gasteiger charge is 2.54. The van der Waals surface area contributed by atoms with Crippen LogP contribution in [0.2, 0.25) is 0 Å². The van der Waals surface area contributed by atoms with Crippen molar-refractivity contribution in [2.45, 2.75) is 210 Å². The van der Waals surface area contributed by atoms with Gasteiger partial charge in [0.2, 0.25) is 0 Å². The predicted molar refractivity (Wildman–Crippen MR) is 250 cm³/mol. The van der Waals surface area contributed by atoms with E-state index in [0.717, 1.165) is 70.6 Å². The van der Waals surface area contributed by atoms with Crippen LogP contribution in [0.5, 0.6) is 0 Å². The van der Waals surface area contributed by atoms with E-state index >= 15 is 0 Å². The molecule has 1 aliphatic carbocycles. The van der Waals surface area contributed by atoms with Gasteiger partial charge in [-0.05, 0) is 77.0 Å². The molecule has 0 spiro atoms. The summed E-state index contributed by atoms with van der Waals surface area (Å²) in [5.74, 6) is -1.30. The maximum Gasteiger partial charge on any atom is 0.472 e. The summed E-state index contributed by atoms with van der Waals surface area (Å²) in [4.78, 5) is 54.3. The summed E-state index contributed by atoms with van der Waals surface area (Å²) in [5.41, 5.74) is 0. The monoisotopic (exact) mass is 978 g/mol. The summed E-state index contributed by atoms with van der Waals surface area (Å²) >= 11 is 0. The molecule has 0 amide bonds. The van der Waals surface area contributed by atoms with Gasteiger partial charge in [-0.3, -0.25) is 23.2 Å². The maximum atomic E-state index is 13.0. The van der Waals surface area contributed by atoms with Crippen molar-refractivity contribution >= 4 is 27.6 Å². The number of epoxide rings is 1. The molecule has 0 aromatic rings. The maximum absolute atomic E-state index is 13.0. The van der Waals surface area contributed by atoms with Gasteiger partial charge in [0.15, 0.2) is 6.10 Å². The van der Waals surface area contributed by atoms with Crippen molar-refractivity contribution in [3.8, 4) is 0 Å². The Morgan fingerprint density at radius 1 is 0.561 bits per heavy atom. The van der Waals surface area contributed by atoms with Gasteiger partial charge in [0, 0.05) is 12.8 Å². The smallest absolute Gasteiger partial charge is 0.462 e. The highest BCUT2D eigenvalue weighted by Crippen LogP contribution is 2.49. The van der Waals surface area contributed by atoms with Crippen molar-refractivity contribution in [1.82, 2.24) is 0 Å². The van der Waals surface area contributed by atoms with Gasteiger partial charge in [-0.15, -0.1) is 0 Å². The van der Waals surface area contributed by atoms with Gasteiger partial charge < -0.3 is 49.3 Å². The van der Waals surface area contributed by atoms with E-state index < -0.39 is 83.5 Å². The van der Waals surface area contributed by atoms with Gasteiger partial charge in [0.25, 0.3) is 0 Å². The summed E-state index contributed by atoms with van der Waals surface area (Å²) in [7, 11) is -10.7. The van der Waals surface area contributed by atoms with Crippen LogP contribution in [0, 0.1) is 0 Å². The number of carbonyl (C=O) groups is 2. The minimum atomic E-state index is -5.37. The van der Waals surface area contributed by atoms with E-state index in [0.29, 0.717) is 31.5 Å². The van der Waals surface area contributed by atoms with Gasteiger partial charge in [-0.1, -0.05) is 126 Å². The van der Waals surface area contributed by atoms with Gasteiger partial charge in [0.1, 0.15) is 43.2 Å². The quantitative estimate of drug-likeness (QED) is 0.0101. The molecular weight excluding hydrogens is 898 g/mol. The SMILES string of the molecule is CCCCC/C=C\C/C=C\C/C=C\C/C=C\CCCC(=O)OC[C@H](COP(=O)(O)O[C@H]1C(O)C(O)C(O)[C@@H](OP(=O)(O)O)C1O)OC(=O)CCCCCCC/C=C\CC1OC1CCCCC. The standard InChI is InChI=1S/C47H80O17P2/c1-3-5-7-8-9-10-11-12-13-14-15-16-17-18-22-25-29-33-40(48)59-35-37(36-60-66(57,58)64-47-44(52)42(50)43(51)46(45(47)53)63-65(54,55)56)61-41(49)34-30-26-23-20-19-21-24-28-32-39-38(62-39)31-27-6-4-2/h9-10,12-13,15-16,18,22,24,28,37-39,42-47,50-53H,3-8,11,14,17,19-21,23,25-27,29-36H2,1-2H3,(H,57,58)(H2,54,55,56)/b10-9-,13-12-,16-15-,22-18-,28-24-/t37-,38?,39?,42?,43?,44?,45?,46-,47+/m1/s1. The van der Waals surface area contributed by atoms with Crippen molar-refractivity contribution in [2.75, 3.05) is 13.2 Å². The molecule has 1 heterocycles. The number of carbonyl (C=O) groups excluding carboxylic acids is 2. The first-order valence-corrected chi connectivity index (χ1v) is 27.0. The predicted octanol–water partition coefficient (Wildman–Crippen LogP) is 8.05. The molecule has 2 aliphatic rings. The molecule has 66 heavy (non-hydrogen) atoms. The first-order valence-electron chi connectivity index (χ1n) is 24.0. The number of rotatable bonds is 38. The molecule has 7 N–H and O–H groups in total. The lowest BCUT2D eigenvalue weighted by atomic mass is 9.85. The Morgan fingerprint density at radius 3 is 1.70 bits per heavy atom. The molecule has 0 aromatic carbocycles. The average molecular weight is 979 g/mol. The van der Waals surface area contributed by atoms with Gasteiger partial charge in [-0.2, -0.15) is 0 Å². The average Bonchev–Trinajstić information content (AvgIpc) is 4.03. The molecule has 7 unspecified atom stereocenters. The van der Waals surface area contributed by atoms with Gasteiger partial charge in [-0.25, -0.2) is 9.13 Å². The number of allylic oxidation sites excluding steroid dienone is 9. The van der Waals surface area contributed by atoms with Gasteiger partial charge in [0.05, 0.1) is 18.8 Å². The lowest BCUT2D eigenvalue weighted by molar-refractivity contribution is -0.216. The summed E-state index contributed by atoms with van der Waals surface area (Å²) in [6.07, 6.45) is 26.4. The molecule has 0 radical (unpaired) electrons. The summed E-state index contributed by atoms with van der Waals surface area (Å²) in [6.45, 7) is 2.98. The number of aliphatic hydroxyl groups is 4. The minimum absolute atomic E-state index is 0.00908. The number of unbranched alkanes of at least 4 members (excludes halogenated alkanes) is 11. The largest absolute Gasteiger partial charge is 0.472 e. The van der Waals surface area contributed by atoms with Gasteiger partial charge >= 0.3 is 27.6 Å². The molecule has 0 bridgehead atoms. The Balaban J connectivity index is 1.82. The second-order valence-corrected chi connectivity index (χ2v) is 19.5. The lowest BCUT2D eigenvalue weighted by Crippen LogP contribution is -2.64. The number of aliphatic hydroxyl groups excluding tert-OH is 4. The Kier molecular flexibility index (Phi) is 31.6. The number of ether oxygens (including phenoxy) is 3. The lowest BCUT2D eigenvalue weighted by Gasteiger charge is -2.43. The van der Waals surface area contributed by atoms with Crippen LogP contribution in [0.15, 0.2) is 60.8 Å². The van der Waals surface area contributed by atoms with E-state index in [9.17, 15) is 53.8 Å². The van der Waals surface area contributed by atoms with Crippen LogP contribution >= 0.6 is 15.6 Å². The second kappa shape index (κ2) is 34.9. The van der Waals surface area contributed by atoms with E-state index in [2.05, 4.69) is 67.0 Å². The number of phosphoric ester groups is 2. The fourth-order valence-electron chi connectivity index (χ4n) is 7.14. The third-order valence-corrected chi connectivity index (χ3v) is 12.5. The Hall–Kier alpha value is -2.34. The van der Waals surface area contributed by atoms with Crippen LogP contribution in [0.1, 0.15) is 155 Å². The van der Waals surface area contributed by atoms with Crippen LogP contribution in [0.4, 0.5) is 0 Å². The molecular formula is C47H80O17P2. The molecule has 0 aromatic heterocycles. The fourth-order valence-corrected chi connectivity index (χ4v) is 8.68. The first kappa shape index (κ1) is 59.8. The van der Waals surface area contributed by atoms with Crippen molar-refractivity contribution < 1.29 is 81.6 Å². The van der Waals surface area contributed by atoms with E-state index in [4.69, 9.17) is 23.3 Å².